The van der Waals surface area contributed by atoms with Crippen molar-refractivity contribution in [3.63, 3.8) is 0 Å². The van der Waals surface area contributed by atoms with Gasteiger partial charge in [0.25, 0.3) is 0 Å². The highest BCUT2D eigenvalue weighted by Crippen LogP contribution is 2.41. The Bertz CT molecular complexity index is 978. The molecule has 1 N–H and O–H groups in total. The Morgan fingerprint density at radius 1 is 1.21 bits per heavy atom. The number of allylic oxidation sites excluding steroid dienone is 3. The van der Waals surface area contributed by atoms with Crippen molar-refractivity contribution in [1.82, 2.24) is 5.32 Å². The average molecular weight is 393 g/mol. The molecule has 0 fully saturated rings. The number of esters is 1. The van der Waals surface area contributed by atoms with Gasteiger partial charge in [0.2, 0.25) is 0 Å². The van der Waals surface area contributed by atoms with E-state index in [-0.39, 0.29) is 12.1 Å². The van der Waals surface area contributed by atoms with Crippen molar-refractivity contribution in [3.8, 4) is 6.07 Å². The van der Waals surface area contributed by atoms with Gasteiger partial charge in [-0.25, -0.2) is 4.79 Å². The minimum atomic E-state index is -0.414. The van der Waals surface area contributed by atoms with Crippen molar-refractivity contribution in [2.24, 2.45) is 0 Å². The van der Waals surface area contributed by atoms with Crippen molar-refractivity contribution < 1.29 is 9.53 Å². The van der Waals surface area contributed by atoms with Crippen molar-refractivity contribution >= 4 is 17.3 Å². The minimum Gasteiger partial charge on any atom is -0.460 e. The van der Waals surface area contributed by atoms with Gasteiger partial charge in [-0.1, -0.05) is 30.3 Å². The van der Waals surface area contributed by atoms with Crippen LogP contribution in [-0.2, 0) is 16.0 Å². The summed E-state index contributed by atoms with van der Waals surface area (Å²) < 4.78 is 5.51. The molecule has 0 amide bonds. The van der Waals surface area contributed by atoms with Crippen LogP contribution in [0.1, 0.15) is 49.6 Å². The van der Waals surface area contributed by atoms with Crippen molar-refractivity contribution in [1.29, 1.82) is 5.26 Å². The summed E-state index contributed by atoms with van der Waals surface area (Å²) in [5.74, 6) is -0.787. The van der Waals surface area contributed by atoms with Gasteiger partial charge in [-0.15, -0.1) is 11.3 Å². The monoisotopic (exact) mass is 392 g/mol. The first-order valence-electron chi connectivity index (χ1n) is 9.32. The fraction of sp³-hybridized carbons (Fsp3) is 0.304. The molecule has 1 aromatic carbocycles. The molecular weight excluding hydrogens is 368 g/mol. The summed E-state index contributed by atoms with van der Waals surface area (Å²) in [5, 5.41) is 15.1. The normalized spacial score (nSPS) is 16.8. The standard InChI is InChI=1S/C23H24N2O2S/c1-14(2)27-23(26)21-16(4)25-15(3)19(13-24)22(21)18-10-11-28-20(18)12-17-8-6-5-7-9-17/h5-11,14,22,25H,12H2,1-4H3. The van der Waals surface area contributed by atoms with Gasteiger partial charge < -0.3 is 10.1 Å². The fourth-order valence-electron chi connectivity index (χ4n) is 3.53. The summed E-state index contributed by atoms with van der Waals surface area (Å²) in [7, 11) is 0. The van der Waals surface area contributed by atoms with E-state index >= 15 is 0 Å². The van der Waals surface area contributed by atoms with Gasteiger partial charge in [-0.2, -0.15) is 5.26 Å². The van der Waals surface area contributed by atoms with Crippen LogP contribution >= 0.6 is 11.3 Å². The number of hydrogen-bond acceptors (Lipinski definition) is 5. The molecule has 0 saturated carbocycles. The highest BCUT2D eigenvalue weighted by molar-refractivity contribution is 7.10. The molecule has 1 aliphatic heterocycles. The molecule has 1 atom stereocenters. The molecule has 1 aromatic heterocycles. The number of carbonyl (C=O) groups is 1. The zero-order valence-corrected chi connectivity index (χ0v) is 17.4. The van der Waals surface area contributed by atoms with E-state index < -0.39 is 5.92 Å². The molecule has 0 saturated heterocycles. The van der Waals surface area contributed by atoms with Crippen LogP contribution in [-0.4, -0.2) is 12.1 Å². The van der Waals surface area contributed by atoms with E-state index in [2.05, 4.69) is 23.5 Å². The van der Waals surface area contributed by atoms with Crippen LogP contribution in [0, 0.1) is 11.3 Å². The lowest BCUT2D eigenvalue weighted by Gasteiger charge is -2.29. The van der Waals surface area contributed by atoms with E-state index in [1.54, 1.807) is 11.3 Å². The lowest BCUT2D eigenvalue weighted by atomic mass is 9.80. The predicted molar refractivity (Wildman–Crippen MR) is 112 cm³/mol. The molecule has 5 heteroatoms. The molecule has 144 valence electrons. The number of ether oxygens (including phenoxy) is 1. The van der Waals surface area contributed by atoms with Crippen LogP contribution in [0.25, 0.3) is 0 Å². The fourth-order valence-corrected chi connectivity index (χ4v) is 4.48. The largest absolute Gasteiger partial charge is 0.460 e. The third kappa shape index (κ3) is 4.02. The maximum absolute atomic E-state index is 12.9. The molecule has 28 heavy (non-hydrogen) atoms. The number of benzene rings is 1. The number of thiophene rings is 1. The molecule has 1 aliphatic rings. The maximum atomic E-state index is 12.9. The Morgan fingerprint density at radius 2 is 1.93 bits per heavy atom. The molecule has 0 bridgehead atoms. The number of hydrogen-bond donors (Lipinski definition) is 1. The number of dihydropyridines is 1. The van der Waals surface area contributed by atoms with Crippen LogP contribution in [0.4, 0.5) is 0 Å². The van der Waals surface area contributed by atoms with Crippen LogP contribution in [0.3, 0.4) is 0 Å². The summed E-state index contributed by atoms with van der Waals surface area (Å²) in [6, 6.07) is 14.6. The second kappa shape index (κ2) is 8.45. The Morgan fingerprint density at radius 3 is 2.57 bits per heavy atom. The lowest BCUT2D eigenvalue weighted by molar-refractivity contribution is -0.143. The Hall–Kier alpha value is -2.84. The summed E-state index contributed by atoms with van der Waals surface area (Å²) >= 11 is 1.65. The number of carbonyl (C=O) groups excluding carboxylic acids is 1. The number of nitrogens with one attached hydrogen (secondary N) is 1. The Balaban J connectivity index is 2.08. The smallest absolute Gasteiger partial charge is 0.337 e. The Kier molecular flexibility index (Phi) is 6.01. The molecule has 0 radical (unpaired) electrons. The van der Waals surface area contributed by atoms with Gasteiger partial charge in [0.05, 0.1) is 29.2 Å². The number of nitrogens with zero attached hydrogens (tertiary/aromatic N) is 1. The molecule has 4 nitrogen and oxygen atoms in total. The summed E-state index contributed by atoms with van der Waals surface area (Å²) in [6.07, 6.45) is 0.540. The van der Waals surface area contributed by atoms with E-state index in [1.165, 1.54) is 5.56 Å². The molecule has 0 spiro atoms. The third-order valence-corrected chi connectivity index (χ3v) is 5.68. The SMILES string of the molecule is CC1=C(C#N)C(c2ccsc2Cc2ccccc2)C(C(=O)OC(C)C)=C(C)N1. The van der Waals surface area contributed by atoms with E-state index in [4.69, 9.17) is 4.74 Å². The zero-order valence-electron chi connectivity index (χ0n) is 16.6. The average Bonchev–Trinajstić information content (AvgIpc) is 3.09. The highest BCUT2D eigenvalue weighted by Gasteiger charge is 2.36. The summed E-state index contributed by atoms with van der Waals surface area (Å²) in [5.41, 5.74) is 4.80. The second-order valence-corrected chi connectivity index (χ2v) is 8.16. The van der Waals surface area contributed by atoms with Gasteiger partial charge in [0, 0.05) is 22.7 Å². The predicted octanol–water partition coefficient (Wildman–Crippen LogP) is 5.05. The topological polar surface area (TPSA) is 62.1 Å². The first-order chi connectivity index (χ1) is 13.4. The molecule has 2 heterocycles. The molecule has 2 aromatic rings. The van der Waals surface area contributed by atoms with E-state index in [0.717, 1.165) is 28.3 Å². The molecular formula is C23H24N2O2S. The van der Waals surface area contributed by atoms with Crippen molar-refractivity contribution in [2.75, 3.05) is 0 Å². The van der Waals surface area contributed by atoms with Crippen LogP contribution in [0.5, 0.6) is 0 Å². The third-order valence-electron chi connectivity index (χ3n) is 4.74. The first kappa shape index (κ1) is 19.9. The minimum absolute atomic E-state index is 0.225. The number of nitriles is 1. The van der Waals surface area contributed by atoms with Crippen LogP contribution < -0.4 is 5.32 Å². The zero-order chi connectivity index (χ0) is 20.3. The highest BCUT2D eigenvalue weighted by atomic mass is 32.1. The quantitative estimate of drug-likeness (QED) is 0.724. The summed E-state index contributed by atoms with van der Waals surface area (Å²) in [4.78, 5) is 14.1. The van der Waals surface area contributed by atoms with Gasteiger partial charge in [-0.05, 0) is 50.3 Å². The maximum Gasteiger partial charge on any atom is 0.337 e. The van der Waals surface area contributed by atoms with Gasteiger partial charge in [-0.3, -0.25) is 0 Å². The second-order valence-electron chi connectivity index (χ2n) is 7.16. The van der Waals surface area contributed by atoms with E-state index in [9.17, 15) is 10.1 Å². The van der Waals surface area contributed by atoms with E-state index in [0.29, 0.717) is 11.1 Å². The molecule has 0 aliphatic carbocycles. The summed E-state index contributed by atoms with van der Waals surface area (Å²) in [6.45, 7) is 7.40. The number of rotatable bonds is 5. The first-order valence-corrected chi connectivity index (χ1v) is 10.2. The van der Waals surface area contributed by atoms with Crippen LogP contribution in [0.15, 0.2) is 64.3 Å². The van der Waals surface area contributed by atoms with E-state index in [1.807, 2.05) is 57.3 Å². The molecule has 1 unspecified atom stereocenters. The lowest BCUT2D eigenvalue weighted by Crippen LogP contribution is -2.29. The van der Waals surface area contributed by atoms with Gasteiger partial charge in [0.1, 0.15) is 0 Å². The Labute approximate surface area is 170 Å². The van der Waals surface area contributed by atoms with Crippen LogP contribution in [0.2, 0.25) is 0 Å². The molecule has 3 rings (SSSR count). The van der Waals surface area contributed by atoms with Crippen molar-refractivity contribution in [3.05, 3.63) is 80.3 Å². The van der Waals surface area contributed by atoms with Crippen molar-refractivity contribution in [2.45, 2.75) is 46.1 Å². The van der Waals surface area contributed by atoms with Gasteiger partial charge in [0.15, 0.2) is 0 Å². The van der Waals surface area contributed by atoms with Gasteiger partial charge >= 0.3 is 5.97 Å².